The van der Waals surface area contributed by atoms with E-state index in [0.29, 0.717) is 17.1 Å². The van der Waals surface area contributed by atoms with Gasteiger partial charge in [0.1, 0.15) is 5.56 Å². The lowest BCUT2D eigenvalue weighted by Gasteiger charge is -2.33. The third-order valence-electron chi connectivity index (χ3n) is 5.24. The Morgan fingerprint density at radius 2 is 2.04 bits per heavy atom. The van der Waals surface area contributed by atoms with Gasteiger partial charge in [-0.1, -0.05) is 30.3 Å². The summed E-state index contributed by atoms with van der Waals surface area (Å²) in [7, 11) is 3.50. The first-order valence-electron chi connectivity index (χ1n) is 9.44. The summed E-state index contributed by atoms with van der Waals surface area (Å²) in [5, 5.41) is 4.49. The number of fused-ring (bicyclic) bond motifs is 1. The van der Waals surface area contributed by atoms with Crippen LogP contribution in [0.1, 0.15) is 40.4 Å². The van der Waals surface area contributed by atoms with Gasteiger partial charge < -0.3 is 4.90 Å². The minimum Gasteiger partial charge on any atom is -0.345 e. The molecule has 27 heavy (non-hydrogen) atoms. The molecule has 0 unspecified atom stereocenters. The first-order valence-corrected chi connectivity index (χ1v) is 9.44. The van der Waals surface area contributed by atoms with Gasteiger partial charge >= 0.3 is 0 Å². The van der Waals surface area contributed by atoms with Crippen molar-refractivity contribution in [2.75, 3.05) is 27.2 Å². The van der Waals surface area contributed by atoms with Crippen LogP contribution in [0.5, 0.6) is 0 Å². The number of carbonyl (C=O) groups is 1. The third-order valence-corrected chi connectivity index (χ3v) is 5.24. The van der Waals surface area contributed by atoms with Crippen LogP contribution >= 0.6 is 0 Å². The molecular weight excluding hydrogens is 338 g/mol. The lowest BCUT2D eigenvalue weighted by Crippen LogP contribution is -2.34. The van der Waals surface area contributed by atoms with E-state index in [2.05, 4.69) is 45.3 Å². The van der Waals surface area contributed by atoms with Crippen LogP contribution in [0.3, 0.4) is 0 Å². The fourth-order valence-electron chi connectivity index (χ4n) is 3.89. The van der Waals surface area contributed by atoms with Crippen molar-refractivity contribution < 1.29 is 4.79 Å². The lowest BCUT2D eigenvalue weighted by atomic mass is 9.94. The van der Waals surface area contributed by atoms with Crippen molar-refractivity contribution in [2.45, 2.75) is 25.3 Å². The van der Waals surface area contributed by atoms with E-state index in [1.165, 1.54) is 5.56 Å². The first-order chi connectivity index (χ1) is 13.1. The zero-order valence-corrected chi connectivity index (χ0v) is 15.9. The van der Waals surface area contributed by atoms with Crippen LogP contribution in [0.25, 0.3) is 5.65 Å². The molecule has 6 heteroatoms. The Morgan fingerprint density at radius 3 is 2.81 bits per heavy atom. The summed E-state index contributed by atoms with van der Waals surface area (Å²) in [6, 6.07) is 12.6. The predicted octanol–water partition coefficient (Wildman–Crippen LogP) is 2.81. The predicted molar refractivity (Wildman–Crippen MR) is 105 cm³/mol. The molecular formula is C21H25N5O. The van der Waals surface area contributed by atoms with Crippen LogP contribution in [0.2, 0.25) is 0 Å². The molecule has 1 fully saturated rings. The van der Waals surface area contributed by atoms with Crippen LogP contribution in [0.15, 0.2) is 48.8 Å². The van der Waals surface area contributed by atoms with E-state index in [1.54, 1.807) is 31.4 Å². The highest BCUT2D eigenvalue weighted by atomic mass is 16.2. The Balaban J connectivity index is 1.59. The molecule has 1 saturated heterocycles. The molecule has 1 atom stereocenters. The number of hydrogen-bond acceptors (Lipinski definition) is 4. The molecule has 0 N–H and O–H groups in total. The molecule has 0 saturated carbocycles. The average Bonchev–Trinajstić information content (AvgIpc) is 3.12. The van der Waals surface area contributed by atoms with Gasteiger partial charge in [-0.05, 0) is 31.0 Å². The Hall–Kier alpha value is -2.73. The second kappa shape index (κ2) is 7.48. The summed E-state index contributed by atoms with van der Waals surface area (Å²) in [5.74, 6) is 0.319. The highest BCUT2D eigenvalue weighted by molar-refractivity contribution is 5.99. The Bertz CT molecular complexity index is 934. The topological polar surface area (TPSA) is 53.7 Å². The number of carbonyl (C=O) groups excluding carboxylic acids is 1. The Morgan fingerprint density at radius 1 is 1.22 bits per heavy atom. The van der Waals surface area contributed by atoms with Crippen molar-refractivity contribution in [3.63, 3.8) is 0 Å². The molecule has 1 aliphatic rings. The van der Waals surface area contributed by atoms with Crippen LogP contribution in [-0.4, -0.2) is 57.5 Å². The van der Waals surface area contributed by atoms with Crippen molar-refractivity contribution in [2.24, 2.45) is 0 Å². The van der Waals surface area contributed by atoms with Crippen LogP contribution in [-0.2, 0) is 6.54 Å². The molecule has 1 aliphatic heterocycles. The van der Waals surface area contributed by atoms with Gasteiger partial charge in [-0.3, -0.25) is 9.69 Å². The van der Waals surface area contributed by atoms with E-state index in [1.807, 2.05) is 10.6 Å². The zero-order chi connectivity index (χ0) is 18.8. The minimum absolute atomic E-state index is 0.0657. The molecule has 4 rings (SSSR count). The SMILES string of the molecule is CN(C)C(=O)c1cnn2c([C@@H]3CCCN(Cc4ccccc4)C3)ccnc12. The number of amides is 1. The summed E-state index contributed by atoms with van der Waals surface area (Å²) in [5.41, 5.74) is 3.68. The van der Waals surface area contributed by atoms with Gasteiger partial charge in [0.05, 0.1) is 11.9 Å². The second-order valence-electron chi connectivity index (χ2n) is 7.42. The fourth-order valence-corrected chi connectivity index (χ4v) is 3.89. The first kappa shape index (κ1) is 17.7. The van der Waals surface area contributed by atoms with E-state index in [-0.39, 0.29) is 5.91 Å². The maximum Gasteiger partial charge on any atom is 0.258 e. The van der Waals surface area contributed by atoms with Crippen LogP contribution in [0.4, 0.5) is 0 Å². The molecule has 0 spiro atoms. The number of benzene rings is 1. The molecule has 2 aromatic heterocycles. The van der Waals surface area contributed by atoms with Gasteiger partial charge in [0.25, 0.3) is 5.91 Å². The van der Waals surface area contributed by atoms with Crippen LogP contribution < -0.4 is 0 Å². The van der Waals surface area contributed by atoms with Gasteiger partial charge in [0, 0.05) is 39.3 Å². The van der Waals surface area contributed by atoms with E-state index < -0.39 is 0 Å². The number of rotatable bonds is 4. The Kier molecular flexibility index (Phi) is 4.90. The van der Waals surface area contributed by atoms with Crippen molar-refractivity contribution in [3.05, 3.63) is 65.6 Å². The van der Waals surface area contributed by atoms with Crippen molar-refractivity contribution in [1.82, 2.24) is 24.4 Å². The van der Waals surface area contributed by atoms with Gasteiger partial charge in [-0.2, -0.15) is 5.10 Å². The quantitative estimate of drug-likeness (QED) is 0.715. The number of likely N-dealkylation sites (tertiary alicyclic amines) is 1. The standard InChI is InChI=1S/C21H25N5O/c1-24(2)21(27)18-13-23-26-19(10-11-22-20(18)26)17-9-6-12-25(15-17)14-16-7-4-3-5-8-16/h3-5,7-8,10-11,13,17H,6,9,12,14-15H2,1-2H3/t17-/m1/s1. The van der Waals surface area contributed by atoms with Crippen LogP contribution in [0, 0.1) is 0 Å². The summed E-state index contributed by atoms with van der Waals surface area (Å²) < 4.78 is 1.85. The van der Waals surface area contributed by atoms with Crippen molar-refractivity contribution in [3.8, 4) is 0 Å². The molecule has 3 heterocycles. The lowest BCUT2D eigenvalue weighted by molar-refractivity contribution is 0.0829. The second-order valence-corrected chi connectivity index (χ2v) is 7.42. The summed E-state index contributed by atoms with van der Waals surface area (Å²) in [6.45, 7) is 3.07. The highest BCUT2D eigenvalue weighted by Crippen LogP contribution is 2.28. The van der Waals surface area contributed by atoms with Crippen molar-refractivity contribution >= 4 is 11.6 Å². The van der Waals surface area contributed by atoms with Crippen molar-refractivity contribution in [1.29, 1.82) is 0 Å². The molecule has 3 aromatic rings. The molecule has 6 nitrogen and oxygen atoms in total. The zero-order valence-electron chi connectivity index (χ0n) is 15.9. The largest absolute Gasteiger partial charge is 0.345 e. The van der Waals surface area contributed by atoms with E-state index in [4.69, 9.17) is 0 Å². The maximum atomic E-state index is 12.4. The van der Waals surface area contributed by atoms with Gasteiger partial charge in [0.15, 0.2) is 5.65 Å². The van der Waals surface area contributed by atoms with E-state index >= 15 is 0 Å². The van der Waals surface area contributed by atoms with Gasteiger partial charge in [0.2, 0.25) is 0 Å². The summed E-state index contributed by atoms with van der Waals surface area (Å²) in [4.78, 5) is 20.9. The fraction of sp³-hybridized carbons (Fsp3) is 0.381. The molecule has 1 amide bonds. The number of hydrogen-bond donors (Lipinski definition) is 0. The molecule has 140 valence electrons. The number of aromatic nitrogens is 3. The monoisotopic (exact) mass is 363 g/mol. The highest BCUT2D eigenvalue weighted by Gasteiger charge is 2.25. The molecule has 0 aliphatic carbocycles. The van der Waals surface area contributed by atoms with Gasteiger partial charge in [-0.25, -0.2) is 9.50 Å². The normalized spacial score (nSPS) is 17.9. The summed E-state index contributed by atoms with van der Waals surface area (Å²) >= 11 is 0. The molecule has 0 bridgehead atoms. The van der Waals surface area contributed by atoms with E-state index in [9.17, 15) is 4.79 Å². The minimum atomic E-state index is -0.0657. The smallest absolute Gasteiger partial charge is 0.258 e. The number of nitrogens with zero attached hydrogens (tertiary/aromatic N) is 5. The summed E-state index contributed by atoms with van der Waals surface area (Å²) in [6.07, 6.45) is 5.72. The molecule has 0 radical (unpaired) electrons. The average molecular weight is 363 g/mol. The number of piperidine rings is 1. The Labute approximate surface area is 159 Å². The van der Waals surface area contributed by atoms with Gasteiger partial charge in [-0.15, -0.1) is 0 Å². The third kappa shape index (κ3) is 3.57. The van der Waals surface area contributed by atoms with E-state index in [0.717, 1.165) is 38.2 Å². The maximum absolute atomic E-state index is 12.4. The molecule has 1 aromatic carbocycles.